The lowest BCUT2D eigenvalue weighted by molar-refractivity contribution is 0.0335. The zero-order valence-corrected chi connectivity index (χ0v) is 31.9. The highest BCUT2D eigenvalue weighted by Gasteiger charge is 2.25. The van der Waals surface area contributed by atoms with Crippen molar-refractivity contribution in [1.82, 2.24) is 0 Å². The highest BCUT2D eigenvalue weighted by atomic mass is 35.5. The normalized spacial score (nSPS) is 11.4. The van der Waals surface area contributed by atoms with Crippen LogP contribution >= 0.6 is 23.2 Å². The summed E-state index contributed by atoms with van der Waals surface area (Å²) in [5.74, 6) is -2.18. The first-order valence-corrected chi connectivity index (χ1v) is 18.0. The van der Waals surface area contributed by atoms with E-state index >= 15 is 0 Å². The van der Waals surface area contributed by atoms with Crippen LogP contribution < -0.4 is 4.74 Å². The second kappa shape index (κ2) is 17.1. The SMILES string of the molecule is CC(C)(COC(=O)c1ccc(C(=O)O)cc1)Cc1ccc(-c2ccc(CC(C)(C)COC(=O)c3ccc(C(=O)Oc4ccccc4)cc3)c(Cl)c2)cc1Cl. The van der Waals surface area contributed by atoms with Crippen LogP contribution in [0.1, 0.15) is 80.3 Å². The molecule has 0 spiro atoms. The average molecular weight is 768 g/mol. The zero-order valence-electron chi connectivity index (χ0n) is 30.4. The number of carboxylic acids is 1. The number of ether oxygens (including phenoxy) is 3. The Kier molecular flexibility index (Phi) is 12.6. The molecule has 54 heavy (non-hydrogen) atoms. The molecule has 0 heterocycles. The van der Waals surface area contributed by atoms with Gasteiger partial charge in [-0.2, -0.15) is 0 Å². The first-order chi connectivity index (χ1) is 25.6. The summed E-state index contributed by atoms with van der Waals surface area (Å²) in [6.45, 7) is 8.22. The minimum atomic E-state index is -1.07. The Morgan fingerprint density at radius 2 is 0.926 bits per heavy atom. The number of aromatic carboxylic acids is 1. The molecule has 0 aromatic heterocycles. The number of hydrogen-bond donors (Lipinski definition) is 1. The van der Waals surface area contributed by atoms with Crippen molar-refractivity contribution in [2.24, 2.45) is 10.8 Å². The number of carboxylic acid groups (broad SMARTS) is 1. The molecule has 0 saturated heterocycles. The molecule has 0 aliphatic carbocycles. The monoisotopic (exact) mass is 766 g/mol. The third-order valence-electron chi connectivity index (χ3n) is 8.64. The van der Waals surface area contributed by atoms with Gasteiger partial charge in [0, 0.05) is 20.9 Å². The fourth-order valence-electron chi connectivity index (χ4n) is 5.71. The topological polar surface area (TPSA) is 116 Å². The molecule has 278 valence electrons. The van der Waals surface area contributed by atoms with E-state index < -0.39 is 34.7 Å². The highest BCUT2D eigenvalue weighted by Crippen LogP contribution is 2.34. The van der Waals surface area contributed by atoms with Gasteiger partial charge < -0.3 is 19.3 Å². The minimum absolute atomic E-state index is 0.0925. The molecule has 5 aromatic rings. The first-order valence-electron chi connectivity index (χ1n) is 17.2. The summed E-state index contributed by atoms with van der Waals surface area (Å²) in [5, 5.41) is 10.2. The minimum Gasteiger partial charge on any atom is -0.478 e. The van der Waals surface area contributed by atoms with Crippen LogP contribution in [0.5, 0.6) is 5.75 Å². The van der Waals surface area contributed by atoms with Gasteiger partial charge in [-0.25, -0.2) is 19.2 Å². The first kappa shape index (κ1) is 39.8. The van der Waals surface area contributed by atoms with E-state index in [2.05, 4.69) is 0 Å². The van der Waals surface area contributed by atoms with Gasteiger partial charge in [-0.05, 0) is 108 Å². The van der Waals surface area contributed by atoms with Crippen molar-refractivity contribution >= 4 is 47.1 Å². The second-order valence-electron chi connectivity index (χ2n) is 14.6. The highest BCUT2D eigenvalue weighted by molar-refractivity contribution is 6.32. The summed E-state index contributed by atoms with van der Waals surface area (Å²) in [5.41, 5.74) is 3.72. The molecule has 0 amide bonds. The fourth-order valence-corrected chi connectivity index (χ4v) is 6.20. The van der Waals surface area contributed by atoms with E-state index in [9.17, 15) is 19.2 Å². The van der Waals surface area contributed by atoms with E-state index in [-0.39, 0.29) is 24.3 Å². The maximum atomic E-state index is 12.8. The largest absolute Gasteiger partial charge is 0.478 e. The molecule has 5 rings (SSSR count). The van der Waals surface area contributed by atoms with Gasteiger partial charge in [-0.15, -0.1) is 0 Å². The van der Waals surface area contributed by atoms with Gasteiger partial charge in [0.1, 0.15) is 5.75 Å². The quantitative estimate of drug-likeness (QED) is 0.0877. The van der Waals surface area contributed by atoms with E-state index in [0.717, 1.165) is 22.3 Å². The number of halogens is 2. The lowest BCUT2D eigenvalue weighted by Gasteiger charge is -2.25. The van der Waals surface area contributed by atoms with Gasteiger partial charge in [0.2, 0.25) is 0 Å². The van der Waals surface area contributed by atoms with Crippen LogP contribution in [0.25, 0.3) is 11.1 Å². The van der Waals surface area contributed by atoms with Crippen molar-refractivity contribution in [3.63, 3.8) is 0 Å². The van der Waals surface area contributed by atoms with Crippen molar-refractivity contribution in [3.8, 4) is 16.9 Å². The fraction of sp³-hybridized carbons (Fsp3) is 0.227. The molecule has 0 aliphatic heterocycles. The number of carbonyl (C=O) groups is 4. The Balaban J connectivity index is 1.13. The number of benzene rings is 5. The van der Waals surface area contributed by atoms with Crippen LogP contribution in [-0.4, -0.2) is 42.2 Å². The Hall–Kier alpha value is -5.44. The van der Waals surface area contributed by atoms with Crippen LogP contribution in [0.4, 0.5) is 0 Å². The second-order valence-corrected chi connectivity index (χ2v) is 15.4. The molecule has 5 aromatic carbocycles. The summed E-state index contributed by atoms with van der Waals surface area (Å²) < 4.78 is 16.6. The Bertz CT molecular complexity index is 2140. The lowest BCUT2D eigenvalue weighted by Crippen LogP contribution is -2.24. The molecule has 0 atom stereocenters. The van der Waals surface area contributed by atoms with Gasteiger partial charge in [0.15, 0.2) is 0 Å². The third-order valence-corrected chi connectivity index (χ3v) is 9.35. The molecule has 0 bridgehead atoms. The van der Waals surface area contributed by atoms with E-state index in [1.54, 1.807) is 24.3 Å². The van der Waals surface area contributed by atoms with E-state index in [1.807, 2.05) is 70.2 Å². The maximum absolute atomic E-state index is 12.8. The van der Waals surface area contributed by atoms with Gasteiger partial charge >= 0.3 is 23.9 Å². The summed E-state index contributed by atoms with van der Waals surface area (Å²) >= 11 is 13.5. The van der Waals surface area contributed by atoms with E-state index in [1.165, 1.54) is 48.5 Å². The molecule has 0 radical (unpaired) electrons. The van der Waals surface area contributed by atoms with Gasteiger partial charge in [-0.1, -0.05) is 93.4 Å². The Morgan fingerprint density at radius 3 is 1.31 bits per heavy atom. The number of carbonyl (C=O) groups excluding carboxylic acids is 3. The van der Waals surface area contributed by atoms with Gasteiger partial charge in [-0.3, -0.25) is 0 Å². The summed E-state index contributed by atoms with van der Waals surface area (Å²) in [6, 6.07) is 32.1. The summed E-state index contributed by atoms with van der Waals surface area (Å²) in [7, 11) is 0. The van der Waals surface area contributed by atoms with Crippen LogP contribution in [0.2, 0.25) is 10.0 Å². The van der Waals surface area contributed by atoms with E-state index in [4.69, 9.17) is 42.5 Å². The number of esters is 3. The van der Waals surface area contributed by atoms with Crippen molar-refractivity contribution < 1.29 is 38.5 Å². The van der Waals surface area contributed by atoms with Crippen molar-refractivity contribution in [2.75, 3.05) is 13.2 Å². The van der Waals surface area contributed by atoms with Crippen LogP contribution in [0.3, 0.4) is 0 Å². The van der Waals surface area contributed by atoms with E-state index in [0.29, 0.717) is 39.8 Å². The summed E-state index contributed by atoms with van der Waals surface area (Å²) in [6.07, 6.45) is 1.10. The Labute approximate surface area is 324 Å². The van der Waals surface area contributed by atoms with Crippen LogP contribution in [0, 0.1) is 10.8 Å². The van der Waals surface area contributed by atoms with Gasteiger partial charge in [0.05, 0.1) is 35.5 Å². The van der Waals surface area contributed by atoms with Crippen LogP contribution in [-0.2, 0) is 22.3 Å². The Morgan fingerprint density at radius 1 is 0.537 bits per heavy atom. The molecular formula is C44H40Cl2O8. The molecule has 0 fully saturated rings. The van der Waals surface area contributed by atoms with Gasteiger partial charge in [0.25, 0.3) is 0 Å². The average Bonchev–Trinajstić information content (AvgIpc) is 3.15. The predicted molar refractivity (Wildman–Crippen MR) is 209 cm³/mol. The molecule has 8 nitrogen and oxygen atoms in total. The molecule has 0 unspecified atom stereocenters. The number of para-hydroxylation sites is 1. The maximum Gasteiger partial charge on any atom is 0.343 e. The smallest absolute Gasteiger partial charge is 0.343 e. The summed E-state index contributed by atoms with van der Waals surface area (Å²) in [4.78, 5) is 48.9. The molecule has 1 N–H and O–H groups in total. The van der Waals surface area contributed by atoms with Crippen LogP contribution in [0.15, 0.2) is 115 Å². The molecular weight excluding hydrogens is 727 g/mol. The van der Waals surface area contributed by atoms with Crippen molar-refractivity contribution in [1.29, 1.82) is 0 Å². The number of hydrogen-bond acceptors (Lipinski definition) is 7. The van der Waals surface area contributed by atoms with Crippen molar-refractivity contribution in [3.05, 3.63) is 159 Å². The lowest BCUT2D eigenvalue weighted by atomic mass is 9.85. The van der Waals surface area contributed by atoms with Crippen molar-refractivity contribution in [2.45, 2.75) is 40.5 Å². The number of rotatable bonds is 14. The predicted octanol–water partition coefficient (Wildman–Crippen LogP) is 10.4. The molecule has 10 heteroatoms. The standard InChI is InChI=1S/C44H40Cl2O8/c1-43(2,26-52-40(49)29-12-10-28(11-13-29)39(47)48)24-34-20-18-32(22-37(34)45)33-19-21-35(38(46)23-33)25-44(3,4)27-53-41(50)30-14-16-31(17-15-30)42(51)54-36-8-6-5-7-9-36/h5-23H,24-27H2,1-4H3,(H,47,48). The molecule has 0 saturated carbocycles. The third kappa shape index (κ3) is 10.8. The molecule has 0 aliphatic rings. The zero-order chi connectivity index (χ0) is 39.0.